The molecule has 0 radical (unpaired) electrons. The van der Waals surface area contributed by atoms with E-state index in [1.165, 1.54) is 19.6 Å². The second-order valence-electron chi connectivity index (χ2n) is 5.10. The minimum Gasteiger partial charge on any atom is -0.495 e. The summed E-state index contributed by atoms with van der Waals surface area (Å²) in [6, 6.07) is 12.6. The number of methoxy groups -OCH3 is 1. The summed E-state index contributed by atoms with van der Waals surface area (Å²) < 4.78 is 5.18. The summed E-state index contributed by atoms with van der Waals surface area (Å²) in [6.45, 7) is 3.48. The fourth-order valence-electron chi connectivity index (χ4n) is 2.16. The Morgan fingerprint density at radius 2 is 1.74 bits per heavy atom. The molecule has 0 fully saturated rings. The lowest BCUT2D eigenvalue weighted by Crippen LogP contribution is -2.13. The average molecular weight is 312 g/mol. The maximum atomic E-state index is 12.3. The Bertz CT molecular complexity index is 709. The van der Waals surface area contributed by atoms with Crippen LogP contribution in [0.4, 0.5) is 11.4 Å². The van der Waals surface area contributed by atoms with Crippen LogP contribution in [0.1, 0.15) is 29.8 Å². The Morgan fingerprint density at radius 1 is 1.04 bits per heavy atom. The van der Waals surface area contributed by atoms with Crippen LogP contribution in [0.5, 0.6) is 5.75 Å². The van der Waals surface area contributed by atoms with Crippen LogP contribution in [0.25, 0.3) is 0 Å². The predicted octanol–water partition coefficient (Wildman–Crippen LogP) is 3.47. The molecule has 23 heavy (non-hydrogen) atoms. The molecular weight excluding hydrogens is 292 g/mol. The van der Waals surface area contributed by atoms with Gasteiger partial charge < -0.3 is 15.4 Å². The van der Waals surface area contributed by atoms with Gasteiger partial charge in [0.25, 0.3) is 5.91 Å². The summed E-state index contributed by atoms with van der Waals surface area (Å²) in [7, 11) is 1.51. The number of carbonyl (C=O) groups excluding carboxylic acids is 2. The second kappa shape index (κ2) is 7.45. The largest absolute Gasteiger partial charge is 0.495 e. The Hall–Kier alpha value is -2.82. The Labute approximate surface area is 135 Å². The number of carbonyl (C=O) groups is 2. The number of amides is 2. The Morgan fingerprint density at radius 3 is 2.30 bits per heavy atom. The van der Waals surface area contributed by atoms with E-state index in [9.17, 15) is 9.59 Å². The molecule has 2 rings (SSSR count). The van der Waals surface area contributed by atoms with Crippen molar-refractivity contribution in [2.45, 2.75) is 20.3 Å². The van der Waals surface area contributed by atoms with Crippen LogP contribution >= 0.6 is 0 Å². The molecule has 2 amide bonds. The van der Waals surface area contributed by atoms with E-state index in [2.05, 4.69) is 17.6 Å². The molecule has 0 atom stereocenters. The van der Waals surface area contributed by atoms with Gasteiger partial charge in [0.2, 0.25) is 5.91 Å². The van der Waals surface area contributed by atoms with Gasteiger partial charge in [-0.2, -0.15) is 0 Å². The van der Waals surface area contributed by atoms with Gasteiger partial charge in [-0.15, -0.1) is 0 Å². The van der Waals surface area contributed by atoms with Crippen LogP contribution < -0.4 is 15.4 Å². The van der Waals surface area contributed by atoms with Gasteiger partial charge in [-0.3, -0.25) is 9.59 Å². The molecule has 0 aromatic heterocycles. The van der Waals surface area contributed by atoms with Crippen LogP contribution in [0.3, 0.4) is 0 Å². The van der Waals surface area contributed by atoms with Crippen LogP contribution in [-0.4, -0.2) is 18.9 Å². The molecule has 0 bridgehead atoms. The molecule has 0 unspecified atom stereocenters. The van der Waals surface area contributed by atoms with E-state index in [1.807, 2.05) is 24.3 Å². The summed E-state index contributed by atoms with van der Waals surface area (Å²) in [6.07, 6.45) is 0.951. The molecule has 0 aliphatic rings. The fourth-order valence-corrected chi connectivity index (χ4v) is 2.16. The topological polar surface area (TPSA) is 67.4 Å². The molecule has 2 N–H and O–H groups in total. The van der Waals surface area contributed by atoms with Crippen LogP contribution in [0.15, 0.2) is 42.5 Å². The minimum absolute atomic E-state index is 0.226. The Kier molecular flexibility index (Phi) is 5.36. The highest BCUT2D eigenvalue weighted by molar-refractivity contribution is 6.05. The molecule has 0 spiro atoms. The smallest absolute Gasteiger partial charge is 0.255 e. The molecule has 0 saturated carbocycles. The Balaban J connectivity index is 2.19. The van der Waals surface area contributed by atoms with Gasteiger partial charge in [0.1, 0.15) is 5.75 Å². The normalized spacial score (nSPS) is 10.0. The van der Waals surface area contributed by atoms with Gasteiger partial charge in [0.05, 0.1) is 12.8 Å². The first-order valence-electron chi connectivity index (χ1n) is 7.39. The lowest BCUT2D eigenvalue weighted by atomic mass is 10.1. The predicted molar refractivity (Wildman–Crippen MR) is 91.1 cm³/mol. The summed E-state index contributed by atoms with van der Waals surface area (Å²) in [5, 5.41) is 5.49. The van der Waals surface area contributed by atoms with Crippen molar-refractivity contribution in [2.24, 2.45) is 0 Å². The zero-order valence-corrected chi connectivity index (χ0v) is 13.5. The van der Waals surface area contributed by atoms with Crippen molar-refractivity contribution < 1.29 is 14.3 Å². The van der Waals surface area contributed by atoms with E-state index >= 15 is 0 Å². The lowest BCUT2D eigenvalue weighted by Gasteiger charge is -2.11. The van der Waals surface area contributed by atoms with Crippen LogP contribution in [0.2, 0.25) is 0 Å². The van der Waals surface area contributed by atoms with Crippen molar-refractivity contribution in [1.29, 1.82) is 0 Å². The van der Waals surface area contributed by atoms with Crippen LogP contribution in [-0.2, 0) is 11.2 Å². The molecule has 0 aliphatic carbocycles. The third kappa shape index (κ3) is 4.32. The molecular formula is C18H20N2O3. The van der Waals surface area contributed by atoms with Crippen molar-refractivity contribution in [1.82, 2.24) is 0 Å². The molecule has 2 aromatic rings. The van der Waals surface area contributed by atoms with E-state index in [-0.39, 0.29) is 11.8 Å². The van der Waals surface area contributed by atoms with Crippen LogP contribution in [0, 0.1) is 0 Å². The zero-order valence-electron chi connectivity index (χ0n) is 13.5. The second-order valence-corrected chi connectivity index (χ2v) is 5.10. The standard InChI is InChI=1S/C18H20N2O3/c1-4-13-5-8-15(9-6-13)20-18(22)14-7-10-17(23-3)16(11-14)19-12(2)21/h5-11H,4H2,1-3H3,(H,19,21)(H,20,22). The van der Waals surface area contributed by atoms with Crippen molar-refractivity contribution in [3.05, 3.63) is 53.6 Å². The molecule has 0 saturated heterocycles. The third-order valence-corrected chi connectivity index (χ3v) is 3.39. The molecule has 2 aromatic carbocycles. The molecule has 120 valence electrons. The van der Waals surface area contributed by atoms with Gasteiger partial charge >= 0.3 is 0 Å². The number of aryl methyl sites for hydroxylation is 1. The van der Waals surface area contributed by atoms with Gasteiger partial charge in [0, 0.05) is 18.2 Å². The average Bonchev–Trinajstić information content (AvgIpc) is 2.55. The van der Waals surface area contributed by atoms with Gasteiger partial charge in [-0.25, -0.2) is 0 Å². The van der Waals surface area contributed by atoms with Gasteiger partial charge in [-0.05, 0) is 42.3 Å². The van der Waals surface area contributed by atoms with Crippen molar-refractivity contribution in [3.63, 3.8) is 0 Å². The summed E-state index contributed by atoms with van der Waals surface area (Å²) >= 11 is 0. The first-order valence-corrected chi connectivity index (χ1v) is 7.39. The van der Waals surface area contributed by atoms with E-state index in [0.29, 0.717) is 17.0 Å². The first kappa shape index (κ1) is 16.5. The van der Waals surface area contributed by atoms with E-state index < -0.39 is 0 Å². The monoisotopic (exact) mass is 312 g/mol. The maximum Gasteiger partial charge on any atom is 0.255 e. The fraction of sp³-hybridized carbons (Fsp3) is 0.222. The van der Waals surface area contributed by atoms with Crippen molar-refractivity contribution in [2.75, 3.05) is 17.7 Å². The third-order valence-electron chi connectivity index (χ3n) is 3.39. The number of ether oxygens (including phenoxy) is 1. The lowest BCUT2D eigenvalue weighted by molar-refractivity contribution is -0.114. The molecule has 5 heteroatoms. The minimum atomic E-state index is -0.247. The van der Waals surface area contributed by atoms with Gasteiger partial charge in [-0.1, -0.05) is 19.1 Å². The highest BCUT2D eigenvalue weighted by Crippen LogP contribution is 2.26. The SMILES string of the molecule is CCc1ccc(NC(=O)c2ccc(OC)c(NC(C)=O)c2)cc1. The van der Waals surface area contributed by atoms with E-state index in [0.717, 1.165) is 12.1 Å². The number of hydrogen-bond acceptors (Lipinski definition) is 3. The summed E-state index contributed by atoms with van der Waals surface area (Å²) in [4.78, 5) is 23.6. The number of rotatable bonds is 5. The number of nitrogens with one attached hydrogen (secondary N) is 2. The van der Waals surface area contributed by atoms with Crippen molar-refractivity contribution in [3.8, 4) is 5.75 Å². The molecule has 5 nitrogen and oxygen atoms in total. The highest BCUT2D eigenvalue weighted by Gasteiger charge is 2.11. The van der Waals surface area contributed by atoms with E-state index in [4.69, 9.17) is 4.74 Å². The summed E-state index contributed by atoms with van der Waals surface area (Å²) in [5.74, 6) is 0.0311. The van der Waals surface area contributed by atoms with E-state index in [1.54, 1.807) is 18.2 Å². The first-order chi connectivity index (χ1) is 11.0. The zero-order chi connectivity index (χ0) is 16.8. The highest BCUT2D eigenvalue weighted by atomic mass is 16.5. The maximum absolute atomic E-state index is 12.3. The molecule has 0 heterocycles. The quantitative estimate of drug-likeness (QED) is 0.888. The summed E-state index contributed by atoms with van der Waals surface area (Å²) in [5.41, 5.74) is 2.84. The number of benzene rings is 2. The number of hydrogen-bond donors (Lipinski definition) is 2. The number of anilines is 2. The van der Waals surface area contributed by atoms with Gasteiger partial charge in [0.15, 0.2) is 0 Å². The van der Waals surface area contributed by atoms with Crippen molar-refractivity contribution >= 4 is 23.2 Å². The molecule has 0 aliphatic heterocycles.